The topological polar surface area (TPSA) is 79.7 Å². The van der Waals surface area contributed by atoms with E-state index in [-0.39, 0.29) is 34.8 Å². The second-order valence-corrected chi connectivity index (χ2v) is 9.49. The number of aromatic nitrogens is 2. The first-order valence-corrected chi connectivity index (χ1v) is 11.8. The molecule has 0 amide bonds. The molecule has 0 N–H and O–H groups in total. The number of nitrogens with zero attached hydrogens (tertiary/aromatic N) is 2. The summed E-state index contributed by atoms with van der Waals surface area (Å²) in [5.74, 6) is -0.366. The number of halogens is 4. The molecule has 192 valence electrons. The molecule has 0 aliphatic rings. The van der Waals surface area contributed by atoms with Crippen molar-refractivity contribution in [3.8, 4) is 17.2 Å². The smallest absolute Gasteiger partial charge is 0.488 e. The molecule has 0 radical (unpaired) electrons. The number of carbonyl (C=O) groups is 1. The number of hydrogen-bond acceptors (Lipinski definition) is 7. The lowest BCUT2D eigenvalue weighted by Gasteiger charge is -2.25. The Morgan fingerprint density at radius 1 is 1.14 bits per heavy atom. The highest BCUT2D eigenvalue weighted by atomic mass is 35.5. The van der Waals surface area contributed by atoms with Gasteiger partial charge in [-0.15, -0.1) is 13.2 Å². The van der Waals surface area contributed by atoms with Crippen LogP contribution in [0.4, 0.5) is 13.2 Å². The number of rotatable bonds is 9. The van der Waals surface area contributed by atoms with Crippen molar-refractivity contribution in [2.45, 2.75) is 49.1 Å². The zero-order chi connectivity index (χ0) is 26.5. The zero-order valence-corrected chi connectivity index (χ0v) is 21.0. The van der Waals surface area contributed by atoms with Crippen LogP contribution in [0.5, 0.6) is 11.5 Å². The monoisotopic (exact) mass is 542 g/mol. The fourth-order valence-corrected chi connectivity index (χ4v) is 3.93. The minimum absolute atomic E-state index is 0.0700. The van der Waals surface area contributed by atoms with Gasteiger partial charge in [0, 0.05) is 23.7 Å². The van der Waals surface area contributed by atoms with Crippen LogP contribution in [0.25, 0.3) is 5.69 Å². The molecule has 12 heteroatoms. The van der Waals surface area contributed by atoms with Gasteiger partial charge in [0.25, 0.3) is 5.56 Å². The Labute approximate surface area is 214 Å². The molecule has 0 saturated heterocycles. The van der Waals surface area contributed by atoms with E-state index in [1.165, 1.54) is 29.1 Å². The van der Waals surface area contributed by atoms with Crippen molar-refractivity contribution in [2.24, 2.45) is 0 Å². The van der Waals surface area contributed by atoms with Crippen molar-refractivity contribution < 1.29 is 32.2 Å². The maximum atomic E-state index is 13.0. The summed E-state index contributed by atoms with van der Waals surface area (Å²) in [7, 11) is 0. The van der Waals surface area contributed by atoms with E-state index in [2.05, 4.69) is 9.72 Å². The largest absolute Gasteiger partial charge is 0.573 e. The second-order valence-electron chi connectivity index (χ2n) is 8.02. The molecule has 0 atom stereocenters. The molecule has 0 aliphatic carbocycles. The molecular weight excluding hydrogens is 521 g/mol. The van der Waals surface area contributed by atoms with Crippen LogP contribution in [0.2, 0.25) is 5.02 Å². The summed E-state index contributed by atoms with van der Waals surface area (Å²) in [6, 6.07) is 9.86. The molecule has 3 aromatic rings. The average Bonchev–Trinajstić information content (AvgIpc) is 2.79. The van der Waals surface area contributed by atoms with Gasteiger partial charge >= 0.3 is 12.3 Å². The van der Waals surface area contributed by atoms with Crippen LogP contribution in [-0.4, -0.2) is 34.1 Å². The summed E-state index contributed by atoms with van der Waals surface area (Å²) in [6.45, 7) is 5.20. The first-order valence-electron chi connectivity index (χ1n) is 10.6. The summed E-state index contributed by atoms with van der Waals surface area (Å²) in [5, 5.41) is 0.348. The lowest BCUT2D eigenvalue weighted by atomic mass is 10.1. The Bertz CT molecular complexity index is 1280. The molecule has 0 aliphatic heterocycles. The molecule has 0 bridgehead atoms. The van der Waals surface area contributed by atoms with Gasteiger partial charge in [-0.1, -0.05) is 30.3 Å². The van der Waals surface area contributed by atoms with Crippen molar-refractivity contribution in [1.29, 1.82) is 0 Å². The van der Waals surface area contributed by atoms with Crippen LogP contribution in [0, 0.1) is 0 Å². The zero-order valence-electron chi connectivity index (χ0n) is 19.5. The summed E-state index contributed by atoms with van der Waals surface area (Å²) >= 11 is 7.36. The lowest BCUT2D eigenvalue weighted by Crippen LogP contribution is -2.34. The van der Waals surface area contributed by atoms with Gasteiger partial charge < -0.3 is 14.2 Å². The Kier molecular flexibility index (Phi) is 8.57. The van der Waals surface area contributed by atoms with Crippen molar-refractivity contribution in [2.75, 3.05) is 6.61 Å². The van der Waals surface area contributed by atoms with Crippen LogP contribution in [0.3, 0.4) is 0 Å². The van der Waals surface area contributed by atoms with E-state index in [1.807, 2.05) is 0 Å². The van der Waals surface area contributed by atoms with E-state index >= 15 is 0 Å². The molecule has 0 spiro atoms. The number of carbonyl (C=O) groups excluding carboxylic acids is 1. The van der Waals surface area contributed by atoms with Crippen molar-refractivity contribution in [3.63, 3.8) is 0 Å². The molecule has 3 rings (SSSR count). The third-order valence-electron chi connectivity index (χ3n) is 4.53. The van der Waals surface area contributed by atoms with Crippen LogP contribution >= 0.6 is 23.4 Å². The van der Waals surface area contributed by atoms with Gasteiger partial charge in [0.15, 0.2) is 5.03 Å². The van der Waals surface area contributed by atoms with E-state index in [0.717, 1.165) is 23.9 Å². The molecule has 0 fully saturated rings. The first kappa shape index (κ1) is 27.4. The number of benzene rings is 2. The van der Waals surface area contributed by atoms with Gasteiger partial charge in [0.05, 0.1) is 10.7 Å². The average molecular weight is 543 g/mol. The van der Waals surface area contributed by atoms with Crippen molar-refractivity contribution in [3.05, 3.63) is 70.2 Å². The van der Waals surface area contributed by atoms with E-state index in [0.29, 0.717) is 16.3 Å². The SMILES string of the molecule is CCC(=O)OC(C)(C)COc1ccc(-n2ccnc(Sc3ccc(OC(F)(F)F)cc3)c2=O)cc1Cl. The van der Waals surface area contributed by atoms with Crippen LogP contribution in [0.1, 0.15) is 27.2 Å². The highest BCUT2D eigenvalue weighted by Crippen LogP contribution is 2.30. The van der Waals surface area contributed by atoms with Crippen molar-refractivity contribution in [1.82, 2.24) is 9.55 Å². The molecule has 2 aromatic carbocycles. The number of ether oxygens (including phenoxy) is 3. The first-order chi connectivity index (χ1) is 16.9. The van der Waals surface area contributed by atoms with Crippen molar-refractivity contribution >= 4 is 29.3 Å². The second kappa shape index (κ2) is 11.3. The van der Waals surface area contributed by atoms with Crippen LogP contribution < -0.4 is 15.0 Å². The summed E-state index contributed by atoms with van der Waals surface area (Å²) < 4.78 is 53.2. The fourth-order valence-electron chi connectivity index (χ4n) is 2.91. The molecule has 0 unspecified atom stereocenters. The Hall–Kier alpha value is -3.18. The summed E-state index contributed by atoms with van der Waals surface area (Å²) in [5.41, 5.74) is -0.858. The minimum atomic E-state index is -4.79. The number of hydrogen-bond donors (Lipinski definition) is 0. The van der Waals surface area contributed by atoms with E-state index in [9.17, 15) is 22.8 Å². The lowest BCUT2D eigenvalue weighted by molar-refractivity contribution is -0.274. The molecule has 0 saturated carbocycles. The molecular formula is C24H22ClF3N2O5S. The van der Waals surface area contributed by atoms with Gasteiger partial charge in [-0.3, -0.25) is 14.2 Å². The van der Waals surface area contributed by atoms with E-state index in [1.54, 1.807) is 39.0 Å². The molecule has 36 heavy (non-hydrogen) atoms. The Morgan fingerprint density at radius 3 is 2.44 bits per heavy atom. The van der Waals surface area contributed by atoms with E-state index < -0.39 is 17.5 Å². The third-order valence-corrected chi connectivity index (χ3v) is 5.81. The van der Waals surface area contributed by atoms with Gasteiger partial charge in [0.1, 0.15) is 23.7 Å². The third kappa shape index (κ3) is 7.66. The molecule has 1 aromatic heterocycles. The van der Waals surface area contributed by atoms with Gasteiger partial charge in [-0.25, -0.2) is 4.98 Å². The Balaban J connectivity index is 1.74. The summed E-state index contributed by atoms with van der Waals surface area (Å²) in [4.78, 5) is 29.1. The highest BCUT2D eigenvalue weighted by Gasteiger charge is 2.31. The summed E-state index contributed by atoms with van der Waals surface area (Å²) in [6.07, 6.45) is -1.65. The fraction of sp³-hybridized carbons (Fsp3) is 0.292. The Morgan fingerprint density at radius 2 is 1.83 bits per heavy atom. The molecule has 1 heterocycles. The predicted octanol–water partition coefficient (Wildman–Crippen LogP) is 6.05. The maximum absolute atomic E-state index is 13.0. The number of esters is 1. The molecule has 7 nitrogen and oxygen atoms in total. The van der Waals surface area contributed by atoms with Crippen LogP contribution in [0.15, 0.2) is 69.6 Å². The van der Waals surface area contributed by atoms with Crippen LogP contribution in [-0.2, 0) is 9.53 Å². The quantitative estimate of drug-likeness (QED) is 0.305. The van der Waals surface area contributed by atoms with Gasteiger partial charge in [0.2, 0.25) is 0 Å². The van der Waals surface area contributed by atoms with E-state index in [4.69, 9.17) is 21.1 Å². The minimum Gasteiger partial charge on any atom is -0.488 e. The normalized spacial score (nSPS) is 11.8. The number of alkyl halides is 3. The highest BCUT2D eigenvalue weighted by molar-refractivity contribution is 7.99. The standard InChI is InChI=1S/C24H22ClF3N2O5S/c1-4-20(31)35-23(2,3)14-33-19-10-5-15(13-18(19)25)30-12-11-29-21(22(30)32)36-17-8-6-16(7-9-17)34-24(26,27)28/h5-13H,4,14H2,1-3H3. The maximum Gasteiger partial charge on any atom is 0.573 e. The van der Waals surface area contributed by atoms with Gasteiger partial charge in [-0.2, -0.15) is 0 Å². The van der Waals surface area contributed by atoms with Gasteiger partial charge in [-0.05, 0) is 56.3 Å². The predicted molar refractivity (Wildman–Crippen MR) is 128 cm³/mol.